The number of carbonyl (C=O) groups is 1. The summed E-state index contributed by atoms with van der Waals surface area (Å²) in [5.74, 6) is 0.955. The molecule has 0 bridgehead atoms. The Morgan fingerprint density at radius 2 is 2.08 bits per heavy atom. The highest BCUT2D eigenvalue weighted by atomic mass is 32.2. The number of nitrogens with one attached hydrogen (secondary N) is 1. The lowest BCUT2D eigenvalue weighted by molar-refractivity contribution is -0.117. The van der Waals surface area contributed by atoms with Crippen LogP contribution in [0.15, 0.2) is 27.3 Å². The lowest BCUT2D eigenvalue weighted by Gasteiger charge is -2.07. The molecule has 0 aliphatic rings. The molecule has 9 nitrogen and oxygen atoms in total. The van der Waals surface area contributed by atoms with Crippen molar-refractivity contribution in [2.24, 2.45) is 0 Å². The molecule has 0 unspecified atom stereocenters. The zero-order chi connectivity index (χ0) is 18.7. The fraction of sp³-hybridized carbons (Fsp3) is 0.333. The summed E-state index contributed by atoms with van der Waals surface area (Å²) in [4.78, 5) is 24.3. The molecule has 0 aliphatic carbocycles. The summed E-state index contributed by atoms with van der Waals surface area (Å²) in [5.41, 5.74) is 1.36. The summed E-state index contributed by atoms with van der Waals surface area (Å²) in [7, 11) is 0. The molecule has 3 rings (SSSR count). The van der Waals surface area contributed by atoms with Gasteiger partial charge in [0.2, 0.25) is 11.0 Å². The van der Waals surface area contributed by atoms with Crippen LogP contribution in [0.2, 0.25) is 0 Å². The normalized spacial score (nSPS) is 10.9. The Kier molecular flexibility index (Phi) is 5.47. The molecule has 3 aromatic rings. The van der Waals surface area contributed by atoms with Crippen LogP contribution in [0.5, 0.6) is 0 Å². The van der Waals surface area contributed by atoms with E-state index in [1.54, 1.807) is 22.5 Å². The first-order valence-electron chi connectivity index (χ1n) is 7.84. The van der Waals surface area contributed by atoms with Crippen molar-refractivity contribution in [2.75, 3.05) is 11.1 Å². The average molecular weight is 391 g/mol. The standard InChI is InChI=1S/C15H17N7O2S2/c1-4-25-15-18-17-14(26-15)16-12(23)8-21-13(24)6-5-11(20-21)22-10(3)7-9(2)19-22/h5-7H,4,8H2,1-3H3,(H,16,17,23). The number of nitrogens with zero attached hydrogens (tertiary/aromatic N) is 6. The number of aryl methyl sites for hydroxylation is 2. The summed E-state index contributed by atoms with van der Waals surface area (Å²) in [6.45, 7) is 5.56. The molecule has 136 valence electrons. The maximum absolute atomic E-state index is 12.2. The van der Waals surface area contributed by atoms with Gasteiger partial charge in [-0.3, -0.25) is 14.9 Å². The Bertz CT molecular complexity index is 992. The quantitative estimate of drug-likeness (QED) is 0.503. The van der Waals surface area contributed by atoms with E-state index in [2.05, 4.69) is 25.7 Å². The van der Waals surface area contributed by atoms with E-state index in [4.69, 9.17) is 0 Å². The van der Waals surface area contributed by atoms with Gasteiger partial charge < -0.3 is 0 Å². The van der Waals surface area contributed by atoms with Gasteiger partial charge in [0.15, 0.2) is 10.2 Å². The van der Waals surface area contributed by atoms with Gasteiger partial charge in [-0.25, -0.2) is 9.36 Å². The Labute approximate surface area is 157 Å². The molecule has 3 aromatic heterocycles. The summed E-state index contributed by atoms with van der Waals surface area (Å²) in [5, 5.41) is 19.5. The maximum Gasteiger partial charge on any atom is 0.267 e. The topological polar surface area (TPSA) is 108 Å². The van der Waals surface area contributed by atoms with Crippen molar-refractivity contribution in [1.29, 1.82) is 0 Å². The van der Waals surface area contributed by atoms with Crippen LogP contribution in [0.1, 0.15) is 18.3 Å². The van der Waals surface area contributed by atoms with Crippen LogP contribution in [0.3, 0.4) is 0 Å². The van der Waals surface area contributed by atoms with Crippen LogP contribution in [0, 0.1) is 13.8 Å². The third-order valence-electron chi connectivity index (χ3n) is 3.29. The molecule has 0 saturated heterocycles. The molecule has 26 heavy (non-hydrogen) atoms. The minimum atomic E-state index is -0.394. The van der Waals surface area contributed by atoms with Gasteiger partial charge in [0.1, 0.15) is 6.54 Å². The fourth-order valence-corrected chi connectivity index (χ4v) is 3.93. The second kappa shape index (κ2) is 7.79. The van der Waals surface area contributed by atoms with Crippen LogP contribution < -0.4 is 10.9 Å². The maximum atomic E-state index is 12.2. The predicted octanol–water partition coefficient (Wildman–Crippen LogP) is 1.65. The van der Waals surface area contributed by atoms with Gasteiger partial charge in [0, 0.05) is 11.8 Å². The number of rotatable bonds is 6. The molecular formula is C15H17N7O2S2. The van der Waals surface area contributed by atoms with Crippen molar-refractivity contribution in [3.05, 3.63) is 39.9 Å². The zero-order valence-corrected chi connectivity index (χ0v) is 16.1. The summed E-state index contributed by atoms with van der Waals surface area (Å²) >= 11 is 2.84. The van der Waals surface area contributed by atoms with Crippen molar-refractivity contribution in [1.82, 2.24) is 29.8 Å². The lowest BCUT2D eigenvalue weighted by atomic mass is 10.4. The highest BCUT2D eigenvalue weighted by Crippen LogP contribution is 2.24. The molecule has 1 N–H and O–H groups in total. The van der Waals surface area contributed by atoms with E-state index in [1.807, 2.05) is 26.8 Å². The van der Waals surface area contributed by atoms with Crippen LogP contribution in [0.4, 0.5) is 5.13 Å². The van der Waals surface area contributed by atoms with E-state index >= 15 is 0 Å². The number of anilines is 1. The van der Waals surface area contributed by atoms with E-state index in [0.717, 1.165) is 26.2 Å². The van der Waals surface area contributed by atoms with Crippen molar-refractivity contribution >= 4 is 34.1 Å². The Morgan fingerprint density at radius 1 is 1.27 bits per heavy atom. The smallest absolute Gasteiger partial charge is 0.267 e. The van der Waals surface area contributed by atoms with Crippen molar-refractivity contribution < 1.29 is 4.79 Å². The molecule has 0 fully saturated rings. The minimum absolute atomic E-state index is 0.220. The number of thioether (sulfide) groups is 1. The fourth-order valence-electron chi connectivity index (χ4n) is 2.26. The molecule has 0 atom stereocenters. The van der Waals surface area contributed by atoms with Gasteiger partial charge in [0.25, 0.3) is 5.56 Å². The van der Waals surface area contributed by atoms with E-state index < -0.39 is 5.91 Å². The van der Waals surface area contributed by atoms with Crippen molar-refractivity contribution in [3.8, 4) is 5.82 Å². The molecule has 0 aliphatic heterocycles. The van der Waals surface area contributed by atoms with E-state index in [0.29, 0.717) is 10.9 Å². The van der Waals surface area contributed by atoms with Gasteiger partial charge in [-0.2, -0.15) is 5.10 Å². The molecule has 3 heterocycles. The monoisotopic (exact) mass is 391 g/mol. The highest BCUT2D eigenvalue weighted by molar-refractivity contribution is 8.01. The van der Waals surface area contributed by atoms with Crippen LogP contribution in [-0.2, 0) is 11.3 Å². The molecule has 0 aromatic carbocycles. The van der Waals surface area contributed by atoms with E-state index in [-0.39, 0.29) is 12.1 Å². The molecule has 11 heteroatoms. The average Bonchev–Trinajstić information content (AvgIpc) is 3.15. The van der Waals surface area contributed by atoms with Gasteiger partial charge >= 0.3 is 0 Å². The molecule has 1 amide bonds. The van der Waals surface area contributed by atoms with Crippen LogP contribution in [0.25, 0.3) is 5.82 Å². The predicted molar refractivity (Wildman–Crippen MR) is 100 cm³/mol. The molecule has 0 spiro atoms. The Balaban J connectivity index is 1.76. The molecule has 0 radical (unpaired) electrons. The molecule has 0 saturated carbocycles. The summed E-state index contributed by atoms with van der Waals surface area (Å²) in [6, 6.07) is 4.85. The Hall–Kier alpha value is -2.53. The third-order valence-corrected chi connectivity index (χ3v) is 5.15. The minimum Gasteiger partial charge on any atom is -0.299 e. The number of aromatic nitrogens is 6. The van der Waals surface area contributed by atoms with Crippen LogP contribution >= 0.6 is 23.1 Å². The van der Waals surface area contributed by atoms with Gasteiger partial charge in [-0.05, 0) is 31.7 Å². The largest absolute Gasteiger partial charge is 0.299 e. The third kappa shape index (κ3) is 4.17. The number of carbonyl (C=O) groups excluding carboxylic acids is 1. The second-order valence-corrected chi connectivity index (χ2v) is 7.87. The highest BCUT2D eigenvalue weighted by Gasteiger charge is 2.12. The molecular weight excluding hydrogens is 374 g/mol. The van der Waals surface area contributed by atoms with Gasteiger partial charge in [-0.15, -0.1) is 15.3 Å². The first kappa shape index (κ1) is 18.3. The first-order valence-corrected chi connectivity index (χ1v) is 9.64. The number of amides is 1. The zero-order valence-electron chi connectivity index (χ0n) is 14.5. The van der Waals surface area contributed by atoms with Crippen molar-refractivity contribution in [3.63, 3.8) is 0 Å². The number of hydrogen-bond donors (Lipinski definition) is 1. The summed E-state index contributed by atoms with van der Waals surface area (Å²) in [6.07, 6.45) is 0. The lowest BCUT2D eigenvalue weighted by Crippen LogP contribution is -2.30. The number of hydrogen-bond acceptors (Lipinski definition) is 8. The van der Waals surface area contributed by atoms with Gasteiger partial charge in [0.05, 0.1) is 5.69 Å². The summed E-state index contributed by atoms with van der Waals surface area (Å²) < 4.78 is 3.51. The van der Waals surface area contributed by atoms with Crippen LogP contribution in [-0.4, -0.2) is 41.4 Å². The second-order valence-electron chi connectivity index (χ2n) is 5.38. The van der Waals surface area contributed by atoms with Crippen molar-refractivity contribution in [2.45, 2.75) is 31.7 Å². The van der Waals surface area contributed by atoms with E-state index in [9.17, 15) is 9.59 Å². The van der Waals surface area contributed by atoms with Gasteiger partial charge in [-0.1, -0.05) is 30.0 Å². The van der Waals surface area contributed by atoms with E-state index in [1.165, 1.54) is 17.4 Å². The SMILES string of the molecule is CCSc1nnc(NC(=O)Cn2nc(-n3nc(C)cc3C)ccc2=O)s1. The Morgan fingerprint density at radius 3 is 2.77 bits per heavy atom. The first-order chi connectivity index (χ1) is 12.5.